The van der Waals surface area contributed by atoms with Crippen molar-refractivity contribution in [2.24, 2.45) is 5.92 Å². The molecule has 120 valence electrons. The van der Waals surface area contributed by atoms with Crippen LogP contribution in [0.2, 0.25) is 0 Å². The first-order valence-electron chi connectivity index (χ1n) is 7.37. The van der Waals surface area contributed by atoms with Gasteiger partial charge in [0.05, 0.1) is 12.3 Å². The summed E-state index contributed by atoms with van der Waals surface area (Å²) in [5, 5.41) is 3.39. The highest BCUT2D eigenvalue weighted by Gasteiger charge is 2.40. The molecule has 1 aliphatic carbocycles. The van der Waals surface area contributed by atoms with Crippen LogP contribution >= 0.6 is 0 Å². The summed E-state index contributed by atoms with van der Waals surface area (Å²) in [6, 6.07) is 8.20. The predicted molar refractivity (Wildman–Crippen MR) is 78.2 cm³/mol. The number of benzene rings is 1. The normalized spacial score (nSPS) is 25.6. The summed E-state index contributed by atoms with van der Waals surface area (Å²) in [6.07, 6.45) is 1.92. The van der Waals surface area contributed by atoms with Crippen LogP contribution in [0.25, 0.3) is 0 Å². The Balaban J connectivity index is 1.71. The van der Waals surface area contributed by atoms with E-state index in [-0.39, 0.29) is 23.6 Å². The van der Waals surface area contributed by atoms with Crippen LogP contribution in [0, 0.1) is 5.92 Å². The Kier molecular flexibility index (Phi) is 3.14. The number of ether oxygens (including phenoxy) is 1. The molecule has 4 rings (SSSR count). The second-order valence-corrected chi connectivity index (χ2v) is 5.79. The number of furan rings is 1. The van der Waals surface area contributed by atoms with E-state index in [1.165, 1.54) is 12.1 Å². The van der Waals surface area contributed by atoms with Gasteiger partial charge in [-0.3, -0.25) is 0 Å². The topological polar surface area (TPSA) is 34.4 Å². The van der Waals surface area contributed by atoms with Gasteiger partial charge in [0.25, 0.3) is 0 Å². The average Bonchev–Trinajstić information content (AvgIpc) is 3.16. The maximum absolute atomic E-state index is 12.4. The van der Waals surface area contributed by atoms with E-state index in [1.54, 1.807) is 12.3 Å². The van der Waals surface area contributed by atoms with Crippen molar-refractivity contribution in [3.63, 3.8) is 0 Å². The Morgan fingerprint density at radius 3 is 2.83 bits per heavy atom. The standard InChI is InChI=1S/C17H14F3NO2/c18-17(19,20)23-10-6-7-14-13(9-10)11-3-1-4-12(11)16(21-14)15-5-2-8-22-15/h1-3,5-9,11-12,16,21H,4H2. The van der Waals surface area contributed by atoms with Crippen molar-refractivity contribution in [3.8, 4) is 5.75 Å². The first-order chi connectivity index (χ1) is 11.0. The Morgan fingerprint density at radius 1 is 1.22 bits per heavy atom. The lowest BCUT2D eigenvalue weighted by atomic mass is 9.78. The molecule has 2 aliphatic rings. The molecule has 0 amide bonds. The number of halogens is 3. The minimum absolute atomic E-state index is 0.00637. The summed E-state index contributed by atoms with van der Waals surface area (Å²) >= 11 is 0. The second-order valence-electron chi connectivity index (χ2n) is 5.79. The number of rotatable bonds is 2. The van der Waals surface area contributed by atoms with Gasteiger partial charge in [0.15, 0.2) is 0 Å². The molecule has 1 aliphatic heterocycles. The minimum atomic E-state index is -4.68. The van der Waals surface area contributed by atoms with E-state index >= 15 is 0 Å². The number of anilines is 1. The van der Waals surface area contributed by atoms with Crippen LogP contribution in [-0.2, 0) is 0 Å². The Bertz CT molecular complexity index is 737. The molecule has 0 spiro atoms. The van der Waals surface area contributed by atoms with Gasteiger partial charge in [-0.1, -0.05) is 12.2 Å². The van der Waals surface area contributed by atoms with Gasteiger partial charge in [0, 0.05) is 17.5 Å². The molecule has 1 aromatic heterocycles. The van der Waals surface area contributed by atoms with E-state index < -0.39 is 6.36 Å². The number of alkyl halides is 3. The molecule has 1 aromatic carbocycles. The molecule has 2 aromatic rings. The van der Waals surface area contributed by atoms with Gasteiger partial charge >= 0.3 is 6.36 Å². The fourth-order valence-corrected chi connectivity index (χ4v) is 3.52. The third-order valence-electron chi connectivity index (χ3n) is 4.42. The van der Waals surface area contributed by atoms with Crippen LogP contribution in [0.4, 0.5) is 18.9 Å². The maximum Gasteiger partial charge on any atom is 0.573 e. The molecule has 6 heteroatoms. The van der Waals surface area contributed by atoms with Crippen LogP contribution in [0.3, 0.4) is 0 Å². The molecule has 0 saturated carbocycles. The highest BCUT2D eigenvalue weighted by Crippen LogP contribution is 2.50. The van der Waals surface area contributed by atoms with Gasteiger partial charge in [-0.25, -0.2) is 0 Å². The second kappa shape index (κ2) is 5.08. The van der Waals surface area contributed by atoms with Gasteiger partial charge in [-0.15, -0.1) is 13.2 Å². The molecular formula is C17H14F3NO2. The fourth-order valence-electron chi connectivity index (χ4n) is 3.52. The lowest BCUT2D eigenvalue weighted by Gasteiger charge is -2.36. The monoisotopic (exact) mass is 321 g/mol. The third kappa shape index (κ3) is 2.58. The first kappa shape index (κ1) is 14.2. The summed E-state index contributed by atoms with van der Waals surface area (Å²) in [5.74, 6) is 0.923. The Morgan fingerprint density at radius 2 is 2.09 bits per heavy atom. The van der Waals surface area contributed by atoms with Crippen LogP contribution in [0.15, 0.2) is 53.2 Å². The molecule has 3 atom stereocenters. The predicted octanol–water partition coefficient (Wildman–Crippen LogP) is 5.00. The summed E-state index contributed by atoms with van der Waals surface area (Å²) in [5.41, 5.74) is 1.64. The molecule has 0 saturated heterocycles. The molecule has 0 radical (unpaired) electrons. The van der Waals surface area contributed by atoms with E-state index in [4.69, 9.17) is 4.42 Å². The molecule has 0 bridgehead atoms. The van der Waals surface area contributed by atoms with Crippen molar-refractivity contribution >= 4 is 5.69 Å². The van der Waals surface area contributed by atoms with Crippen molar-refractivity contribution in [1.82, 2.24) is 0 Å². The van der Waals surface area contributed by atoms with E-state index in [0.717, 1.165) is 23.4 Å². The van der Waals surface area contributed by atoms with Crippen LogP contribution in [0.5, 0.6) is 5.75 Å². The average molecular weight is 321 g/mol. The van der Waals surface area contributed by atoms with Crippen molar-refractivity contribution in [2.45, 2.75) is 24.7 Å². The molecular weight excluding hydrogens is 307 g/mol. The fraction of sp³-hybridized carbons (Fsp3) is 0.294. The van der Waals surface area contributed by atoms with Crippen molar-refractivity contribution in [3.05, 3.63) is 60.1 Å². The van der Waals surface area contributed by atoms with Gasteiger partial charge < -0.3 is 14.5 Å². The molecule has 3 nitrogen and oxygen atoms in total. The van der Waals surface area contributed by atoms with E-state index in [2.05, 4.69) is 22.2 Å². The lowest BCUT2D eigenvalue weighted by Crippen LogP contribution is -2.29. The number of allylic oxidation sites excluding steroid dienone is 2. The number of hydrogen-bond donors (Lipinski definition) is 1. The van der Waals surface area contributed by atoms with Crippen molar-refractivity contribution in [2.75, 3.05) is 5.32 Å². The number of hydrogen-bond acceptors (Lipinski definition) is 3. The zero-order valence-electron chi connectivity index (χ0n) is 12.0. The summed E-state index contributed by atoms with van der Waals surface area (Å²) in [4.78, 5) is 0. The van der Waals surface area contributed by atoms with Crippen molar-refractivity contribution in [1.29, 1.82) is 0 Å². The van der Waals surface area contributed by atoms with Crippen molar-refractivity contribution < 1.29 is 22.3 Å². The van der Waals surface area contributed by atoms with Gasteiger partial charge in [0.2, 0.25) is 0 Å². The van der Waals surface area contributed by atoms with Gasteiger partial charge in [-0.2, -0.15) is 0 Å². The molecule has 1 N–H and O–H groups in total. The van der Waals surface area contributed by atoms with Crippen LogP contribution in [0.1, 0.15) is 29.7 Å². The smallest absolute Gasteiger partial charge is 0.467 e. The minimum Gasteiger partial charge on any atom is -0.467 e. The zero-order valence-corrected chi connectivity index (χ0v) is 12.0. The van der Waals surface area contributed by atoms with Gasteiger partial charge in [-0.05, 0) is 42.3 Å². The highest BCUT2D eigenvalue weighted by atomic mass is 19.4. The van der Waals surface area contributed by atoms with E-state index in [0.29, 0.717) is 0 Å². The quantitative estimate of drug-likeness (QED) is 0.790. The SMILES string of the molecule is FC(F)(F)Oc1ccc2c(c1)C1C=CCC1C(c1ccco1)N2. The molecule has 3 unspecified atom stereocenters. The zero-order chi connectivity index (χ0) is 16.0. The number of fused-ring (bicyclic) bond motifs is 3. The third-order valence-corrected chi connectivity index (χ3v) is 4.42. The summed E-state index contributed by atoms with van der Waals surface area (Å²) < 4.78 is 46.8. The molecule has 2 heterocycles. The maximum atomic E-state index is 12.4. The first-order valence-corrected chi connectivity index (χ1v) is 7.37. The Hall–Kier alpha value is -2.37. The van der Waals surface area contributed by atoms with Gasteiger partial charge in [0.1, 0.15) is 11.5 Å². The largest absolute Gasteiger partial charge is 0.573 e. The van der Waals surface area contributed by atoms with E-state index in [1.807, 2.05) is 12.1 Å². The Labute approximate surface area is 130 Å². The molecule has 23 heavy (non-hydrogen) atoms. The highest BCUT2D eigenvalue weighted by molar-refractivity contribution is 5.61. The lowest BCUT2D eigenvalue weighted by molar-refractivity contribution is -0.274. The summed E-state index contributed by atoms with van der Waals surface area (Å²) in [7, 11) is 0. The molecule has 0 fully saturated rings. The van der Waals surface area contributed by atoms with Crippen LogP contribution < -0.4 is 10.1 Å². The van der Waals surface area contributed by atoms with Crippen LogP contribution in [-0.4, -0.2) is 6.36 Å². The summed E-state index contributed by atoms with van der Waals surface area (Å²) in [6.45, 7) is 0. The van der Waals surface area contributed by atoms with E-state index in [9.17, 15) is 13.2 Å². The number of nitrogens with one attached hydrogen (secondary N) is 1.